The Labute approximate surface area is 171 Å². The lowest BCUT2D eigenvalue weighted by Crippen LogP contribution is -1.82. The number of phenols is 2. The molecule has 4 rings (SSSR count). The van der Waals surface area contributed by atoms with E-state index in [1.165, 1.54) is 0 Å². The summed E-state index contributed by atoms with van der Waals surface area (Å²) in [5, 5.41) is 19.5. The average Bonchev–Trinajstić information content (AvgIpc) is 3.08. The van der Waals surface area contributed by atoms with Gasteiger partial charge in [-0.15, -0.1) is 0 Å². The van der Waals surface area contributed by atoms with Gasteiger partial charge in [-0.1, -0.05) is 15.9 Å². The first-order chi connectivity index (χ1) is 13.0. The molecule has 3 aromatic carbocycles. The fourth-order valence-electron chi connectivity index (χ4n) is 2.53. The molecule has 0 atom stereocenters. The van der Waals surface area contributed by atoms with Crippen molar-refractivity contribution in [3.05, 3.63) is 69.1 Å². The van der Waals surface area contributed by atoms with Crippen molar-refractivity contribution in [1.82, 2.24) is 4.98 Å². The summed E-state index contributed by atoms with van der Waals surface area (Å²) in [4.78, 5) is 8.91. The summed E-state index contributed by atoms with van der Waals surface area (Å²) < 4.78 is 7.22. The van der Waals surface area contributed by atoms with Crippen LogP contribution in [0.4, 0.5) is 5.69 Å². The van der Waals surface area contributed by atoms with Crippen LogP contribution in [0.3, 0.4) is 0 Å². The van der Waals surface area contributed by atoms with Gasteiger partial charge in [0.05, 0.1) is 10.2 Å². The molecule has 4 aromatic rings. The molecule has 0 unspecified atom stereocenters. The molecule has 0 aliphatic carbocycles. The zero-order valence-corrected chi connectivity index (χ0v) is 16.9. The summed E-state index contributed by atoms with van der Waals surface area (Å²) in [7, 11) is 0. The molecule has 134 valence electrons. The molecular formula is C20H12Br2N2O3. The van der Waals surface area contributed by atoms with Gasteiger partial charge in [-0.2, -0.15) is 0 Å². The highest BCUT2D eigenvalue weighted by molar-refractivity contribution is 9.10. The van der Waals surface area contributed by atoms with E-state index in [4.69, 9.17) is 4.42 Å². The van der Waals surface area contributed by atoms with Gasteiger partial charge in [0.15, 0.2) is 5.58 Å². The Morgan fingerprint density at radius 1 is 0.926 bits per heavy atom. The lowest BCUT2D eigenvalue weighted by atomic mass is 10.2. The number of benzene rings is 3. The Morgan fingerprint density at radius 3 is 2.56 bits per heavy atom. The number of oxazole rings is 1. The van der Waals surface area contributed by atoms with Crippen molar-refractivity contribution in [2.24, 2.45) is 4.99 Å². The van der Waals surface area contributed by atoms with Gasteiger partial charge in [0, 0.05) is 21.8 Å². The molecule has 0 saturated heterocycles. The number of halogens is 2. The first-order valence-electron chi connectivity index (χ1n) is 7.92. The summed E-state index contributed by atoms with van der Waals surface area (Å²) in [5.41, 5.74) is 3.36. The fourth-order valence-corrected chi connectivity index (χ4v) is 3.29. The lowest BCUT2D eigenvalue weighted by Gasteiger charge is -1.99. The third kappa shape index (κ3) is 3.74. The number of aliphatic imine (C=N–C) groups is 1. The fraction of sp³-hybridized carbons (Fsp3) is 0. The minimum Gasteiger partial charge on any atom is -0.507 e. The Kier molecular flexibility index (Phi) is 4.72. The first kappa shape index (κ1) is 17.8. The van der Waals surface area contributed by atoms with Crippen molar-refractivity contribution in [2.75, 3.05) is 0 Å². The second-order valence-electron chi connectivity index (χ2n) is 5.80. The molecule has 0 aliphatic rings. The van der Waals surface area contributed by atoms with Gasteiger partial charge in [0.25, 0.3) is 0 Å². The number of rotatable bonds is 3. The Hall–Kier alpha value is -2.64. The number of phenolic OH excluding ortho intramolecular Hbond substituents is 2. The van der Waals surface area contributed by atoms with E-state index in [2.05, 4.69) is 41.8 Å². The minimum atomic E-state index is 0.155. The Balaban J connectivity index is 1.67. The maximum atomic E-state index is 9.89. The van der Waals surface area contributed by atoms with E-state index in [-0.39, 0.29) is 11.5 Å². The Morgan fingerprint density at radius 2 is 1.74 bits per heavy atom. The number of aromatic hydroxyl groups is 2. The second kappa shape index (κ2) is 7.17. The van der Waals surface area contributed by atoms with Gasteiger partial charge < -0.3 is 14.6 Å². The second-order valence-corrected chi connectivity index (χ2v) is 7.57. The Bertz CT molecular complexity index is 1190. The van der Waals surface area contributed by atoms with Crippen LogP contribution < -0.4 is 0 Å². The monoisotopic (exact) mass is 486 g/mol. The molecule has 7 heteroatoms. The molecule has 0 radical (unpaired) electrons. The van der Waals surface area contributed by atoms with Gasteiger partial charge in [-0.3, -0.25) is 4.99 Å². The molecule has 0 bridgehead atoms. The van der Waals surface area contributed by atoms with Crippen LogP contribution in [0.5, 0.6) is 11.5 Å². The highest BCUT2D eigenvalue weighted by atomic mass is 79.9. The van der Waals surface area contributed by atoms with E-state index in [0.717, 1.165) is 10.0 Å². The van der Waals surface area contributed by atoms with Crippen molar-refractivity contribution in [3.63, 3.8) is 0 Å². The molecule has 0 saturated carbocycles. The van der Waals surface area contributed by atoms with Gasteiger partial charge in [-0.05, 0) is 70.5 Å². The maximum absolute atomic E-state index is 9.89. The maximum Gasteiger partial charge on any atom is 0.227 e. The van der Waals surface area contributed by atoms with Crippen molar-refractivity contribution in [1.29, 1.82) is 0 Å². The first-order valence-corrected chi connectivity index (χ1v) is 9.50. The highest BCUT2D eigenvalue weighted by Gasteiger charge is 2.10. The normalized spacial score (nSPS) is 11.5. The van der Waals surface area contributed by atoms with E-state index < -0.39 is 0 Å². The largest absolute Gasteiger partial charge is 0.507 e. The van der Waals surface area contributed by atoms with Crippen LogP contribution in [0.25, 0.3) is 22.6 Å². The van der Waals surface area contributed by atoms with Gasteiger partial charge >= 0.3 is 0 Å². The minimum absolute atomic E-state index is 0.155. The van der Waals surface area contributed by atoms with Crippen LogP contribution in [0.15, 0.2) is 73.0 Å². The summed E-state index contributed by atoms with van der Waals surface area (Å²) in [6, 6.07) is 15.6. The van der Waals surface area contributed by atoms with Crippen LogP contribution >= 0.6 is 31.9 Å². The van der Waals surface area contributed by atoms with Gasteiger partial charge in [-0.25, -0.2) is 4.98 Å². The number of hydrogen-bond acceptors (Lipinski definition) is 5. The highest BCUT2D eigenvalue weighted by Crippen LogP contribution is 2.32. The standard InChI is InChI=1S/C20H12Br2N2O3/c21-13-2-5-17(25)12(7-13)10-23-14-3-6-19-16(9-14)24-20(27-19)11-1-4-18(26)15(22)8-11/h1-10,25-26H. The third-order valence-corrected chi connectivity index (χ3v) is 5.04. The molecule has 0 spiro atoms. The number of fused-ring (bicyclic) bond motifs is 1. The predicted molar refractivity (Wildman–Crippen MR) is 112 cm³/mol. The molecule has 27 heavy (non-hydrogen) atoms. The summed E-state index contributed by atoms with van der Waals surface area (Å²) in [6.07, 6.45) is 1.60. The van der Waals surface area contributed by atoms with Crippen molar-refractivity contribution in [2.45, 2.75) is 0 Å². The van der Waals surface area contributed by atoms with Crippen LogP contribution in [-0.4, -0.2) is 21.4 Å². The van der Waals surface area contributed by atoms with Crippen LogP contribution in [0, 0.1) is 0 Å². The molecule has 5 nitrogen and oxygen atoms in total. The number of nitrogens with zero attached hydrogens (tertiary/aromatic N) is 2. The van der Waals surface area contributed by atoms with E-state index in [1.807, 2.05) is 12.1 Å². The summed E-state index contributed by atoms with van der Waals surface area (Å²) in [5.74, 6) is 0.767. The van der Waals surface area contributed by atoms with Crippen LogP contribution in [-0.2, 0) is 0 Å². The zero-order chi connectivity index (χ0) is 19.0. The molecular weight excluding hydrogens is 476 g/mol. The molecule has 0 fully saturated rings. The average molecular weight is 488 g/mol. The summed E-state index contributed by atoms with van der Waals surface area (Å²) >= 11 is 6.67. The SMILES string of the molecule is Oc1ccc(-c2nc3cc(N=Cc4cc(Br)ccc4O)ccc3o2)cc1Br. The summed E-state index contributed by atoms with van der Waals surface area (Å²) in [6.45, 7) is 0. The smallest absolute Gasteiger partial charge is 0.227 e. The molecule has 0 aliphatic heterocycles. The lowest BCUT2D eigenvalue weighted by molar-refractivity contribution is 0.472. The van der Waals surface area contributed by atoms with E-state index in [9.17, 15) is 10.2 Å². The van der Waals surface area contributed by atoms with Crippen molar-refractivity contribution >= 4 is 54.9 Å². The number of hydrogen-bond donors (Lipinski definition) is 2. The van der Waals surface area contributed by atoms with E-state index >= 15 is 0 Å². The topological polar surface area (TPSA) is 78.9 Å². The van der Waals surface area contributed by atoms with Gasteiger partial charge in [0.1, 0.15) is 17.0 Å². The van der Waals surface area contributed by atoms with Crippen molar-refractivity contribution < 1.29 is 14.6 Å². The van der Waals surface area contributed by atoms with E-state index in [0.29, 0.717) is 32.7 Å². The van der Waals surface area contributed by atoms with Gasteiger partial charge in [0.2, 0.25) is 5.89 Å². The van der Waals surface area contributed by atoms with Crippen LogP contribution in [0.1, 0.15) is 5.56 Å². The van der Waals surface area contributed by atoms with Crippen LogP contribution in [0.2, 0.25) is 0 Å². The van der Waals surface area contributed by atoms with E-state index in [1.54, 1.807) is 48.7 Å². The van der Waals surface area contributed by atoms with Crippen molar-refractivity contribution in [3.8, 4) is 23.0 Å². The quantitative estimate of drug-likeness (QED) is 0.338. The molecule has 1 aromatic heterocycles. The number of aromatic nitrogens is 1. The molecule has 0 amide bonds. The molecule has 2 N–H and O–H groups in total. The predicted octanol–water partition coefficient (Wildman–Crippen LogP) is 6.18. The molecule has 1 heterocycles. The third-order valence-electron chi connectivity index (χ3n) is 3.91. The zero-order valence-electron chi connectivity index (χ0n) is 13.7.